The quantitative estimate of drug-likeness (QED) is 0.693. The third-order valence-electron chi connectivity index (χ3n) is 1.45. The summed E-state index contributed by atoms with van der Waals surface area (Å²) < 4.78 is 46.6. The first kappa shape index (κ1) is 10.2. The highest BCUT2D eigenvalue weighted by molar-refractivity contribution is 7.86. The van der Waals surface area contributed by atoms with Crippen LogP contribution in [0.1, 0.15) is 5.56 Å². The minimum Gasteiger partial charge on any atom is -0.245 e. The van der Waals surface area contributed by atoms with E-state index in [4.69, 9.17) is 0 Å². The largest absolute Gasteiger partial charge is 0.475 e. The third-order valence-corrected chi connectivity index (χ3v) is 2.57. The maximum atomic E-state index is 11.9. The van der Waals surface area contributed by atoms with Gasteiger partial charge in [0.2, 0.25) is 0 Å². The zero-order chi connectivity index (χ0) is 10.1. The molecule has 0 amide bonds. The molecule has 0 aliphatic heterocycles. The number of aryl methyl sites for hydroxylation is 1. The zero-order valence-electron chi connectivity index (χ0n) is 6.76. The minimum absolute atomic E-state index is 0.210. The Morgan fingerprint density at radius 3 is 2.00 bits per heavy atom. The minimum atomic E-state index is -4.67. The van der Waals surface area contributed by atoms with E-state index in [0.29, 0.717) is 0 Å². The summed E-state index contributed by atoms with van der Waals surface area (Å²) in [7, 11) is -2.91. The van der Waals surface area contributed by atoms with Crippen LogP contribution in [0.2, 0.25) is 0 Å². The number of halogens is 3. The molecule has 0 unspecified atom stereocenters. The Kier molecular flexibility index (Phi) is 2.75. The Balaban J connectivity index is 2.97. The summed E-state index contributed by atoms with van der Waals surface area (Å²) >= 11 is 0. The molecule has 0 aromatic heterocycles. The van der Waals surface area contributed by atoms with E-state index in [1.807, 2.05) is 0 Å². The fraction of sp³-hybridized carbons (Fsp3) is 0.250. The second-order valence-corrected chi connectivity index (χ2v) is 4.00. The summed E-state index contributed by atoms with van der Waals surface area (Å²) in [6.45, 7) is 1.75. The average molecular weight is 208 g/mol. The Morgan fingerprint density at radius 1 is 1.15 bits per heavy atom. The van der Waals surface area contributed by atoms with Gasteiger partial charge in [-0.2, -0.15) is 13.2 Å². The van der Waals surface area contributed by atoms with Crippen LogP contribution in [-0.2, 0) is 10.8 Å². The van der Waals surface area contributed by atoms with Crippen LogP contribution < -0.4 is 0 Å². The van der Waals surface area contributed by atoms with E-state index in [0.717, 1.165) is 5.56 Å². The van der Waals surface area contributed by atoms with Gasteiger partial charge in [-0.3, -0.25) is 0 Å². The molecule has 0 saturated heterocycles. The van der Waals surface area contributed by atoms with E-state index in [2.05, 4.69) is 0 Å². The maximum absolute atomic E-state index is 11.9. The van der Waals surface area contributed by atoms with Crippen molar-refractivity contribution in [3.05, 3.63) is 29.8 Å². The van der Waals surface area contributed by atoms with Gasteiger partial charge in [0.05, 0.1) is 0 Å². The molecule has 1 aromatic carbocycles. The van der Waals surface area contributed by atoms with Crippen LogP contribution in [0.3, 0.4) is 0 Å². The summed E-state index contributed by atoms with van der Waals surface area (Å²) in [4.78, 5) is -0.210. The second-order valence-electron chi connectivity index (χ2n) is 2.53. The van der Waals surface area contributed by atoms with E-state index in [1.54, 1.807) is 6.92 Å². The van der Waals surface area contributed by atoms with Crippen molar-refractivity contribution in [2.24, 2.45) is 0 Å². The second kappa shape index (κ2) is 3.49. The maximum Gasteiger partial charge on any atom is 0.475 e. The molecule has 0 N–H and O–H groups in total. The lowest BCUT2D eigenvalue weighted by atomic mass is 10.2. The van der Waals surface area contributed by atoms with Gasteiger partial charge >= 0.3 is 5.51 Å². The summed E-state index contributed by atoms with van der Waals surface area (Å²) in [5.74, 6) is 0. The van der Waals surface area contributed by atoms with Crippen LogP contribution in [0.4, 0.5) is 13.2 Å². The highest BCUT2D eigenvalue weighted by atomic mass is 32.2. The predicted molar refractivity (Wildman–Crippen MR) is 43.6 cm³/mol. The van der Waals surface area contributed by atoms with E-state index >= 15 is 0 Å². The molecule has 13 heavy (non-hydrogen) atoms. The first-order valence-electron chi connectivity index (χ1n) is 3.46. The van der Waals surface area contributed by atoms with Gasteiger partial charge in [0, 0.05) is 4.90 Å². The summed E-state index contributed by atoms with van der Waals surface area (Å²) in [5.41, 5.74) is -3.84. The molecule has 0 fully saturated rings. The molecule has 0 radical (unpaired) electrons. The fourth-order valence-corrected chi connectivity index (χ4v) is 1.45. The molecule has 0 aliphatic rings. The van der Waals surface area contributed by atoms with Crippen LogP contribution >= 0.6 is 0 Å². The van der Waals surface area contributed by atoms with Crippen LogP contribution in [0, 0.1) is 6.92 Å². The van der Waals surface area contributed by atoms with Crippen molar-refractivity contribution in [3.8, 4) is 0 Å². The highest BCUT2D eigenvalue weighted by Gasteiger charge is 2.37. The van der Waals surface area contributed by atoms with Gasteiger partial charge in [0.1, 0.15) is 0 Å². The number of hydrogen-bond donors (Lipinski definition) is 0. The first-order chi connectivity index (χ1) is 5.91. The molecule has 0 spiro atoms. The molecule has 72 valence electrons. The molecular formula is C8H7F3OS. The predicted octanol–water partition coefficient (Wildman–Crippen LogP) is 2.62. The van der Waals surface area contributed by atoms with Crippen LogP contribution in [0.25, 0.3) is 0 Å². The van der Waals surface area contributed by atoms with Crippen molar-refractivity contribution in [2.75, 3.05) is 0 Å². The van der Waals surface area contributed by atoms with Crippen LogP contribution in [-0.4, -0.2) is 9.72 Å². The van der Waals surface area contributed by atoms with Gasteiger partial charge in [-0.25, -0.2) is 4.21 Å². The molecule has 1 nitrogen and oxygen atoms in total. The molecule has 0 heterocycles. The Morgan fingerprint density at radius 2 is 1.62 bits per heavy atom. The molecular weight excluding hydrogens is 201 g/mol. The van der Waals surface area contributed by atoms with Gasteiger partial charge in [0.15, 0.2) is 10.8 Å². The number of benzene rings is 1. The lowest BCUT2D eigenvalue weighted by molar-refractivity contribution is -0.0384. The fourth-order valence-electron chi connectivity index (χ4n) is 0.795. The van der Waals surface area contributed by atoms with Gasteiger partial charge in [-0.15, -0.1) is 0 Å². The average Bonchev–Trinajstić information content (AvgIpc) is 2.03. The Hall–Kier alpha value is -0.840. The van der Waals surface area contributed by atoms with Crippen molar-refractivity contribution >= 4 is 10.8 Å². The van der Waals surface area contributed by atoms with E-state index in [9.17, 15) is 17.4 Å². The topological polar surface area (TPSA) is 17.1 Å². The standard InChI is InChI=1S/C8H7F3OS/c1-6-2-4-7(5-3-6)13(12)8(9,10)11/h2-5H,1H3/t13-/m1/s1. The number of hydrogen-bond acceptors (Lipinski definition) is 1. The van der Waals surface area contributed by atoms with Crippen LogP contribution in [0.15, 0.2) is 29.2 Å². The summed E-state index contributed by atoms with van der Waals surface area (Å²) in [6, 6.07) is 5.44. The van der Waals surface area contributed by atoms with Crippen molar-refractivity contribution in [1.82, 2.24) is 0 Å². The summed E-state index contributed by atoms with van der Waals surface area (Å²) in [5, 5.41) is 0. The van der Waals surface area contributed by atoms with Crippen LogP contribution in [0.5, 0.6) is 0 Å². The zero-order valence-corrected chi connectivity index (χ0v) is 7.58. The normalized spacial score (nSPS) is 14.2. The van der Waals surface area contributed by atoms with Crippen molar-refractivity contribution in [3.63, 3.8) is 0 Å². The van der Waals surface area contributed by atoms with Gasteiger partial charge in [-0.05, 0) is 19.1 Å². The van der Waals surface area contributed by atoms with Gasteiger partial charge < -0.3 is 0 Å². The number of rotatable bonds is 1. The Labute approximate surface area is 76.0 Å². The number of alkyl halides is 3. The lowest BCUT2D eigenvalue weighted by Crippen LogP contribution is -2.16. The van der Waals surface area contributed by atoms with E-state index < -0.39 is 16.3 Å². The van der Waals surface area contributed by atoms with Gasteiger partial charge in [0.25, 0.3) is 0 Å². The SMILES string of the molecule is Cc1ccc([S@@](=O)C(F)(F)F)cc1. The third kappa shape index (κ3) is 2.55. The smallest absolute Gasteiger partial charge is 0.245 e. The monoisotopic (exact) mass is 208 g/mol. The molecule has 0 bridgehead atoms. The first-order valence-corrected chi connectivity index (χ1v) is 4.61. The lowest BCUT2D eigenvalue weighted by Gasteiger charge is -2.05. The molecule has 0 saturated carbocycles. The van der Waals surface area contributed by atoms with Crippen molar-refractivity contribution in [1.29, 1.82) is 0 Å². The van der Waals surface area contributed by atoms with Crippen molar-refractivity contribution in [2.45, 2.75) is 17.3 Å². The Bertz CT molecular complexity index is 315. The molecule has 0 aliphatic carbocycles. The van der Waals surface area contributed by atoms with E-state index in [1.165, 1.54) is 24.3 Å². The summed E-state index contributed by atoms with van der Waals surface area (Å²) in [6.07, 6.45) is 0. The molecule has 5 heteroatoms. The van der Waals surface area contributed by atoms with Gasteiger partial charge in [-0.1, -0.05) is 17.7 Å². The molecule has 1 rings (SSSR count). The van der Waals surface area contributed by atoms with E-state index in [-0.39, 0.29) is 4.90 Å². The van der Waals surface area contributed by atoms with Crippen molar-refractivity contribution < 1.29 is 17.4 Å². The molecule has 1 aromatic rings. The highest BCUT2D eigenvalue weighted by Crippen LogP contribution is 2.25. The molecule has 1 atom stereocenters.